The number of benzene rings is 3. The van der Waals surface area contributed by atoms with Crippen LogP contribution in [0.2, 0.25) is 5.02 Å². The van der Waals surface area contributed by atoms with Crippen molar-refractivity contribution in [1.82, 2.24) is 9.55 Å². The first kappa shape index (κ1) is 21.7. The van der Waals surface area contributed by atoms with Crippen molar-refractivity contribution in [2.24, 2.45) is 0 Å². The molecular formula is C25H24ClN3O3. The average Bonchev–Trinajstić information content (AvgIpc) is 3.09. The van der Waals surface area contributed by atoms with Crippen LogP contribution in [0.3, 0.4) is 0 Å². The number of fused-ring (bicyclic) bond motifs is 1. The monoisotopic (exact) mass is 449 g/mol. The molecule has 2 N–H and O–H groups in total. The summed E-state index contributed by atoms with van der Waals surface area (Å²) in [6, 6.07) is 16.7. The van der Waals surface area contributed by atoms with E-state index in [1.165, 1.54) is 7.11 Å². The molecule has 0 aliphatic heterocycles. The van der Waals surface area contributed by atoms with Gasteiger partial charge in [0.2, 0.25) is 0 Å². The molecule has 1 aromatic heterocycles. The first-order chi connectivity index (χ1) is 15.4. The second kappa shape index (κ2) is 8.93. The van der Waals surface area contributed by atoms with Gasteiger partial charge in [-0.25, -0.2) is 9.78 Å². The third-order valence-corrected chi connectivity index (χ3v) is 5.78. The summed E-state index contributed by atoms with van der Waals surface area (Å²) < 4.78 is 13.1. The number of nitrogens with two attached hydrogens (primary N) is 1. The summed E-state index contributed by atoms with van der Waals surface area (Å²) in [6.45, 7) is 4.78. The van der Waals surface area contributed by atoms with E-state index in [0.29, 0.717) is 28.6 Å². The van der Waals surface area contributed by atoms with Gasteiger partial charge in [0.1, 0.15) is 18.2 Å². The number of carbonyl (C=O) groups excluding carboxylic acids is 1. The van der Waals surface area contributed by atoms with Crippen LogP contribution < -0.4 is 10.5 Å². The number of hydrogen-bond acceptors (Lipinski definition) is 5. The van der Waals surface area contributed by atoms with Gasteiger partial charge in [-0.1, -0.05) is 35.9 Å². The Morgan fingerprint density at radius 3 is 2.62 bits per heavy atom. The molecule has 0 atom stereocenters. The van der Waals surface area contributed by atoms with E-state index in [0.717, 1.165) is 33.5 Å². The Morgan fingerprint density at radius 2 is 1.88 bits per heavy atom. The number of methoxy groups -OCH3 is 1. The minimum Gasteiger partial charge on any atom is -0.489 e. The summed E-state index contributed by atoms with van der Waals surface area (Å²) in [5.74, 6) is 1.19. The third kappa shape index (κ3) is 4.27. The summed E-state index contributed by atoms with van der Waals surface area (Å²) in [7, 11) is 1.37. The van der Waals surface area contributed by atoms with Gasteiger partial charge in [-0.2, -0.15) is 0 Å². The molecule has 0 saturated heterocycles. The number of esters is 1. The van der Waals surface area contributed by atoms with Crippen LogP contribution >= 0.6 is 11.6 Å². The van der Waals surface area contributed by atoms with E-state index in [9.17, 15) is 4.79 Å². The minimum absolute atomic E-state index is 0.243. The van der Waals surface area contributed by atoms with Crippen LogP contribution in [0, 0.1) is 13.8 Å². The number of nitrogen functional groups attached to an aromatic ring is 1. The lowest BCUT2D eigenvalue weighted by atomic mass is 10.1. The fourth-order valence-electron chi connectivity index (χ4n) is 3.74. The van der Waals surface area contributed by atoms with Gasteiger partial charge in [0, 0.05) is 22.3 Å². The maximum Gasteiger partial charge on any atom is 0.338 e. The number of hydrogen-bond donors (Lipinski definition) is 1. The van der Waals surface area contributed by atoms with Gasteiger partial charge in [-0.05, 0) is 49.2 Å². The molecule has 164 valence electrons. The lowest BCUT2D eigenvalue weighted by Crippen LogP contribution is -2.08. The zero-order chi connectivity index (χ0) is 22.8. The highest BCUT2D eigenvalue weighted by molar-refractivity contribution is 6.31. The fourth-order valence-corrected chi connectivity index (χ4v) is 3.99. The normalized spacial score (nSPS) is 11.0. The number of ether oxygens (including phenoxy) is 2. The molecule has 3 aromatic carbocycles. The molecule has 0 spiro atoms. The molecule has 0 fully saturated rings. The Labute approximate surface area is 191 Å². The van der Waals surface area contributed by atoms with Crippen molar-refractivity contribution in [3.05, 3.63) is 87.7 Å². The van der Waals surface area contributed by atoms with E-state index in [1.54, 1.807) is 18.2 Å². The fraction of sp³-hybridized carbons (Fsp3) is 0.200. The van der Waals surface area contributed by atoms with Gasteiger partial charge >= 0.3 is 5.97 Å². The Morgan fingerprint density at radius 1 is 1.09 bits per heavy atom. The smallest absolute Gasteiger partial charge is 0.338 e. The number of rotatable bonds is 6. The van der Waals surface area contributed by atoms with Crippen molar-refractivity contribution in [2.45, 2.75) is 27.0 Å². The highest BCUT2D eigenvalue weighted by Gasteiger charge is 2.15. The van der Waals surface area contributed by atoms with E-state index in [-0.39, 0.29) is 12.6 Å². The van der Waals surface area contributed by atoms with E-state index < -0.39 is 0 Å². The van der Waals surface area contributed by atoms with Crippen molar-refractivity contribution >= 4 is 34.3 Å². The Bertz CT molecular complexity index is 1310. The lowest BCUT2D eigenvalue weighted by Gasteiger charge is -2.13. The molecule has 0 aliphatic carbocycles. The van der Waals surface area contributed by atoms with Crippen LogP contribution in [0.4, 0.5) is 5.69 Å². The number of anilines is 1. The summed E-state index contributed by atoms with van der Waals surface area (Å²) in [5.41, 5.74) is 11.5. The Kier molecular flexibility index (Phi) is 6.06. The average molecular weight is 450 g/mol. The van der Waals surface area contributed by atoms with Crippen molar-refractivity contribution in [3.63, 3.8) is 0 Å². The maximum atomic E-state index is 12.0. The number of imidazole rings is 1. The van der Waals surface area contributed by atoms with Gasteiger partial charge in [0.05, 0.1) is 30.3 Å². The van der Waals surface area contributed by atoms with E-state index in [1.807, 2.05) is 50.2 Å². The predicted molar refractivity (Wildman–Crippen MR) is 126 cm³/mol. The molecule has 32 heavy (non-hydrogen) atoms. The Balaban J connectivity index is 1.66. The van der Waals surface area contributed by atoms with Crippen LogP contribution in [0.1, 0.15) is 32.9 Å². The SMILES string of the molecule is COC(=O)c1ccccc1COc1cc(C)c2nc(C)n(Cc3ccc(N)cc3Cl)c2c1. The molecule has 4 rings (SSSR count). The summed E-state index contributed by atoms with van der Waals surface area (Å²) in [6.07, 6.45) is 0. The maximum absolute atomic E-state index is 12.0. The summed E-state index contributed by atoms with van der Waals surface area (Å²) in [5, 5.41) is 0.620. The molecule has 0 unspecified atom stereocenters. The van der Waals surface area contributed by atoms with Gasteiger partial charge in [-0.15, -0.1) is 0 Å². The van der Waals surface area contributed by atoms with Crippen LogP contribution in [0.15, 0.2) is 54.6 Å². The topological polar surface area (TPSA) is 79.4 Å². The number of aryl methyl sites for hydroxylation is 2. The second-order valence-electron chi connectivity index (χ2n) is 7.64. The number of aromatic nitrogens is 2. The second-order valence-corrected chi connectivity index (χ2v) is 8.05. The van der Waals surface area contributed by atoms with Crippen LogP contribution in [0.25, 0.3) is 11.0 Å². The number of carbonyl (C=O) groups is 1. The predicted octanol–water partition coefficient (Wildman–Crippen LogP) is 5.30. The summed E-state index contributed by atoms with van der Waals surface area (Å²) >= 11 is 6.41. The van der Waals surface area contributed by atoms with Gasteiger partial charge in [-0.3, -0.25) is 0 Å². The highest BCUT2D eigenvalue weighted by Crippen LogP contribution is 2.29. The molecule has 7 heteroatoms. The van der Waals surface area contributed by atoms with Crippen molar-refractivity contribution in [2.75, 3.05) is 12.8 Å². The van der Waals surface area contributed by atoms with Crippen LogP contribution in [0.5, 0.6) is 5.75 Å². The zero-order valence-corrected chi connectivity index (χ0v) is 18.9. The van der Waals surface area contributed by atoms with E-state index in [2.05, 4.69) is 4.57 Å². The van der Waals surface area contributed by atoms with Gasteiger partial charge in [0.15, 0.2) is 0 Å². The van der Waals surface area contributed by atoms with Gasteiger partial charge < -0.3 is 19.8 Å². The molecule has 1 heterocycles. The zero-order valence-electron chi connectivity index (χ0n) is 18.2. The molecule has 0 bridgehead atoms. The lowest BCUT2D eigenvalue weighted by molar-refractivity contribution is 0.0597. The van der Waals surface area contributed by atoms with Crippen molar-refractivity contribution in [1.29, 1.82) is 0 Å². The molecule has 0 radical (unpaired) electrons. The third-order valence-electron chi connectivity index (χ3n) is 5.43. The largest absolute Gasteiger partial charge is 0.489 e. The Hall–Kier alpha value is -3.51. The molecule has 4 aromatic rings. The van der Waals surface area contributed by atoms with Crippen molar-refractivity contribution < 1.29 is 14.3 Å². The molecule has 0 saturated carbocycles. The van der Waals surface area contributed by atoms with Gasteiger partial charge in [0.25, 0.3) is 0 Å². The van der Waals surface area contributed by atoms with E-state index in [4.69, 9.17) is 31.8 Å². The first-order valence-electron chi connectivity index (χ1n) is 10.2. The quantitative estimate of drug-likeness (QED) is 0.319. The molecular weight excluding hydrogens is 426 g/mol. The molecule has 0 aliphatic rings. The number of nitrogens with zero attached hydrogens (tertiary/aromatic N) is 2. The molecule has 6 nitrogen and oxygen atoms in total. The minimum atomic E-state index is -0.384. The van der Waals surface area contributed by atoms with Crippen LogP contribution in [-0.4, -0.2) is 22.6 Å². The first-order valence-corrected chi connectivity index (χ1v) is 10.6. The van der Waals surface area contributed by atoms with E-state index >= 15 is 0 Å². The molecule has 0 amide bonds. The summed E-state index contributed by atoms with van der Waals surface area (Å²) in [4.78, 5) is 16.8. The van der Waals surface area contributed by atoms with Crippen LogP contribution in [-0.2, 0) is 17.9 Å². The standard InChI is InChI=1S/C25H24ClN3O3/c1-15-10-20(32-14-18-6-4-5-7-21(18)25(30)31-3)12-23-24(15)28-16(2)29(23)13-17-8-9-19(27)11-22(17)26/h4-12H,13-14,27H2,1-3H3. The highest BCUT2D eigenvalue weighted by atomic mass is 35.5. The number of halogens is 1. The van der Waals surface area contributed by atoms with Crippen molar-refractivity contribution in [3.8, 4) is 5.75 Å².